The van der Waals surface area contributed by atoms with Crippen molar-refractivity contribution in [3.8, 4) is 0 Å². The van der Waals surface area contributed by atoms with Crippen LogP contribution in [0.3, 0.4) is 0 Å². The molecule has 2 bridgehead atoms. The van der Waals surface area contributed by atoms with Crippen LogP contribution in [0.15, 0.2) is 0 Å². The van der Waals surface area contributed by atoms with Crippen LogP contribution >= 0.6 is 0 Å². The van der Waals surface area contributed by atoms with Gasteiger partial charge in [0.25, 0.3) is 0 Å². The van der Waals surface area contributed by atoms with Gasteiger partial charge in [0, 0.05) is 13.0 Å². The van der Waals surface area contributed by atoms with Gasteiger partial charge in [0.05, 0.1) is 36.6 Å². The van der Waals surface area contributed by atoms with Gasteiger partial charge in [-0.2, -0.15) is 0 Å². The standard InChI is InChI=1S/C58H104O22/c1-8-10-12-13-14-15-16-20-23-27-31-69-53-52(80-55-46(67)43(64)40(61)33(4)71-55)49(77-54-45(66)42(63)39(60)32(3)70-54)36(7)74-58(53)78-48-35(6)73-56-47(68)50(48)76-38(59)30-26-22-19-17-18-21-25-29-37(28-24-11-9-2)75-57-51(79-56)44(65)41(62)34(5)72-57/h32-37,39-58,60-68H,8-31H2,1-7H3/t32-,33-,34+,35-,36-,37-,39-,40-,41-,42+,43+,44-,45+,46+,47+,48-,49-,50-,51+,52+,53+,54-,55-,56-,57+,58-/m0/s1. The van der Waals surface area contributed by atoms with Crippen molar-refractivity contribution in [3.63, 3.8) is 0 Å². The first-order chi connectivity index (χ1) is 38.4. The van der Waals surface area contributed by atoms with Crippen LogP contribution in [-0.2, 0) is 61.6 Å². The molecule has 0 radical (unpaired) electrons. The molecular weight excluding hydrogens is 1050 g/mol. The molecule has 0 saturated carbocycles. The lowest BCUT2D eigenvalue weighted by Gasteiger charge is -2.51. The maximum absolute atomic E-state index is 13.9. The Balaban J connectivity index is 1.32. The van der Waals surface area contributed by atoms with E-state index in [-0.39, 0.29) is 19.1 Å². The van der Waals surface area contributed by atoms with E-state index in [1.807, 2.05) is 0 Å². The van der Waals surface area contributed by atoms with Crippen molar-refractivity contribution < 1.29 is 108 Å². The molecule has 9 N–H and O–H groups in total. The van der Waals surface area contributed by atoms with Gasteiger partial charge >= 0.3 is 5.97 Å². The smallest absolute Gasteiger partial charge is 0.306 e. The minimum absolute atomic E-state index is 0.0317. The molecule has 6 aliphatic heterocycles. The highest BCUT2D eigenvalue weighted by molar-refractivity contribution is 5.69. The van der Waals surface area contributed by atoms with Gasteiger partial charge in [-0.3, -0.25) is 4.79 Å². The normalized spacial score (nSPS) is 44.0. The topological polar surface area (TPSA) is 310 Å². The number of aliphatic hydroxyl groups excluding tert-OH is 9. The van der Waals surface area contributed by atoms with E-state index < -0.39 is 159 Å². The predicted molar refractivity (Wildman–Crippen MR) is 287 cm³/mol. The van der Waals surface area contributed by atoms with E-state index in [1.54, 1.807) is 20.8 Å². The molecule has 22 heteroatoms. The van der Waals surface area contributed by atoms with Gasteiger partial charge in [-0.25, -0.2) is 0 Å². The summed E-state index contributed by atoms with van der Waals surface area (Å²) in [6, 6.07) is 0. The first kappa shape index (κ1) is 67.8. The lowest BCUT2D eigenvalue weighted by Crippen LogP contribution is -2.68. The minimum Gasteiger partial charge on any atom is -0.456 e. The van der Waals surface area contributed by atoms with Crippen molar-refractivity contribution >= 4 is 5.97 Å². The Kier molecular flexibility index (Phi) is 28.9. The second kappa shape index (κ2) is 34.1. The largest absolute Gasteiger partial charge is 0.456 e. The fourth-order valence-corrected chi connectivity index (χ4v) is 11.8. The number of hydrogen-bond acceptors (Lipinski definition) is 22. The van der Waals surface area contributed by atoms with Gasteiger partial charge in [0.2, 0.25) is 0 Å². The number of aliphatic hydroxyl groups is 9. The molecule has 0 spiro atoms. The fraction of sp³-hybridized carbons (Fsp3) is 0.983. The number of ether oxygens (including phenoxy) is 12. The van der Waals surface area contributed by atoms with Crippen LogP contribution in [0.25, 0.3) is 0 Å². The molecule has 6 heterocycles. The molecular formula is C58H104O22. The number of rotatable bonds is 22. The van der Waals surface area contributed by atoms with Gasteiger partial charge in [-0.15, -0.1) is 0 Å². The maximum atomic E-state index is 13.9. The molecule has 26 atom stereocenters. The number of unbranched alkanes of at least 4 members (excludes halogenated alkanes) is 11. The third-order valence-electron chi connectivity index (χ3n) is 17.0. The van der Waals surface area contributed by atoms with Crippen LogP contribution in [0.1, 0.15) is 196 Å². The Morgan fingerprint density at radius 1 is 0.400 bits per heavy atom. The molecule has 0 amide bonds. The van der Waals surface area contributed by atoms with Crippen LogP contribution in [0.2, 0.25) is 0 Å². The molecule has 6 aliphatic rings. The molecule has 468 valence electrons. The summed E-state index contributed by atoms with van der Waals surface area (Å²) in [4.78, 5) is 13.9. The summed E-state index contributed by atoms with van der Waals surface area (Å²) in [5, 5.41) is 101. The fourth-order valence-electron chi connectivity index (χ4n) is 11.8. The van der Waals surface area contributed by atoms with Gasteiger partial charge in [-0.1, -0.05) is 129 Å². The Hall–Kier alpha value is -1.33. The number of fused-ring (bicyclic) bond motifs is 3. The molecule has 6 saturated heterocycles. The third kappa shape index (κ3) is 18.8. The minimum atomic E-state index is -1.79. The SMILES string of the molecule is CCCCCCCCCCCCO[C@H]1[C@H](O[C@@H]2[C@H]3OC(=O)CCCCCCCCC[C@H](CCCCC)O[C@H]4O[C@H](C)[C@H](O)[C@H](O)[C@H]4O[C@H](O[C@H]2C)[C@@H]3O)O[C@@H](C)[C@H](O[C@@H]2O[C@@H](C)[C@H](O)[C@@H](O)[C@H]2O)[C@H]1O[C@@H]1O[C@@H](C)[C@H](O)[C@@H](O)[C@H]1O. The number of hydrogen-bond donors (Lipinski definition) is 9. The van der Waals surface area contributed by atoms with Crippen molar-refractivity contribution in [3.05, 3.63) is 0 Å². The third-order valence-corrected chi connectivity index (χ3v) is 17.0. The number of carbonyl (C=O) groups excluding carboxylic acids is 1. The van der Waals surface area contributed by atoms with Crippen molar-refractivity contribution in [2.24, 2.45) is 0 Å². The van der Waals surface area contributed by atoms with Crippen LogP contribution in [0, 0.1) is 0 Å². The first-order valence-corrected chi connectivity index (χ1v) is 30.8. The summed E-state index contributed by atoms with van der Waals surface area (Å²) in [6.45, 7) is 12.3. The summed E-state index contributed by atoms with van der Waals surface area (Å²) in [5.41, 5.74) is 0. The van der Waals surface area contributed by atoms with Crippen molar-refractivity contribution in [1.82, 2.24) is 0 Å². The van der Waals surface area contributed by atoms with E-state index in [0.717, 1.165) is 103 Å². The molecule has 0 aromatic rings. The zero-order valence-electron chi connectivity index (χ0n) is 48.8. The molecule has 22 nitrogen and oxygen atoms in total. The quantitative estimate of drug-likeness (QED) is 0.0542. The lowest BCUT2D eigenvalue weighted by atomic mass is 9.95. The summed E-state index contributed by atoms with van der Waals surface area (Å²) in [5.74, 6) is -0.623. The number of carbonyl (C=O) groups is 1. The van der Waals surface area contributed by atoms with Gasteiger partial charge in [0.1, 0.15) is 85.5 Å². The lowest BCUT2D eigenvalue weighted by molar-refractivity contribution is -0.402. The second-order valence-corrected chi connectivity index (χ2v) is 23.6. The number of esters is 1. The molecule has 6 fully saturated rings. The van der Waals surface area contributed by atoms with E-state index in [4.69, 9.17) is 56.8 Å². The molecule has 0 aromatic carbocycles. The highest BCUT2D eigenvalue weighted by atomic mass is 16.8. The predicted octanol–water partition coefficient (Wildman–Crippen LogP) is 4.21. The van der Waals surface area contributed by atoms with E-state index in [9.17, 15) is 50.8 Å². The van der Waals surface area contributed by atoms with E-state index in [1.165, 1.54) is 39.5 Å². The molecule has 0 aromatic heterocycles. The zero-order chi connectivity index (χ0) is 58.0. The monoisotopic (exact) mass is 1150 g/mol. The zero-order valence-corrected chi connectivity index (χ0v) is 48.8. The van der Waals surface area contributed by atoms with Gasteiger partial charge in [0.15, 0.2) is 37.6 Å². The van der Waals surface area contributed by atoms with Gasteiger partial charge < -0.3 is 103 Å². The summed E-state index contributed by atoms with van der Waals surface area (Å²) in [6.07, 6.45) is -14.3. The summed E-state index contributed by atoms with van der Waals surface area (Å²) >= 11 is 0. The van der Waals surface area contributed by atoms with Crippen LogP contribution in [0.5, 0.6) is 0 Å². The van der Waals surface area contributed by atoms with E-state index >= 15 is 0 Å². The molecule has 0 aliphatic carbocycles. The van der Waals surface area contributed by atoms with Crippen molar-refractivity contribution in [1.29, 1.82) is 0 Å². The Labute approximate surface area is 474 Å². The van der Waals surface area contributed by atoms with Crippen LogP contribution in [-0.4, -0.2) is 218 Å². The van der Waals surface area contributed by atoms with Crippen molar-refractivity contribution in [2.75, 3.05) is 6.61 Å². The second-order valence-electron chi connectivity index (χ2n) is 23.6. The average molecular weight is 1150 g/mol. The Morgan fingerprint density at radius 2 is 0.875 bits per heavy atom. The first-order valence-electron chi connectivity index (χ1n) is 30.8. The Bertz CT molecular complexity index is 1720. The van der Waals surface area contributed by atoms with E-state index in [0.29, 0.717) is 12.8 Å². The highest BCUT2D eigenvalue weighted by Gasteiger charge is 2.57. The highest BCUT2D eigenvalue weighted by Crippen LogP contribution is 2.39. The Morgan fingerprint density at radius 3 is 1.49 bits per heavy atom. The summed E-state index contributed by atoms with van der Waals surface area (Å²) < 4.78 is 77.1. The van der Waals surface area contributed by atoms with E-state index in [2.05, 4.69) is 13.8 Å². The maximum Gasteiger partial charge on any atom is 0.306 e. The van der Waals surface area contributed by atoms with Crippen LogP contribution < -0.4 is 0 Å². The van der Waals surface area contributed by atoms with Crippen molar-refractivity contribution in [2.45, 2.75) is 356 Å². The van der Waals surface area contributed by atoms with Crippen LogP contribution in [0.4, 0.5) is 0 Å². The van der Waals surface area contributed by atoms with Gasteiger partial charge in [-0.05, 0) is 60.3 Å². The summed E-state index contributed by atoms with van der Waals surface area (Å²) in [7, 11) is 0. The average Bonchev–Trinajstić information content (AvgIpc) is 3.61. The molecule has 6 rings (SSSR count). The molecule has 80 heavy (non-hydrogen) atoms. The molecule has 0 unspecified atom stereocenters.